The topological polar surface area (TPSA) is 82.2 Å². The van der Waals surface area contributed by atoms with Crippen LogP contribution in [0.25, 0.3) is 16.8 Å². The monoisotopic (exact) mass is 510 g/mol. The molecule has 7 nitrogen and oxygen atoms in total. The number of ether oxygens (including phenoxy) is 1. The lowest BCUT2D eigenvalue weighted by Crippen LogP contribution is -2.25. The van der Waals surface area contributed by atoms with Crippen LogP contribution in [0.1, 0.15) is 79.0 Å². The van der Waals surface area contributed by atoms with Gasteiger partial charge in [0.15, 0.2) is 0 Å². The van der Waals surface area contributed by atoms with Crippen LogP contribution in [-0.2, 0) is 7.05 Å². The smallest absolute Gasteiger partial charge is 0.337 e. The first kappa shape index (κ1) is 24.5. The second-order valence-electron chi connectivity index (χ2n) is 10.9. The first-order chi connectivity index (χ1) is 18.5. The highest BCUT2D eigenvalue weighted by Crippen LogP contribution is 2.55. The Kier molecular flexibility index (Phi) is 6.52. The van der Waals surface area contributed by atoms with Gasteiger partial charge in [-0.15, -0.1) is 5.10 Å². The van der Waals surface area contributed by atoms with Crippen molar-refractivity contribution in [3.05, 3.63) is 83.9 Å². The first-order valence-electron chi connectivity index (χ1n) is 13.7. The Morgan fingerprint density at radius 3 is 2.53 bits per heavy atom. The number of aryl methyl sites for hydroxylation is 1. The van der Waals surface area contributed by atoms with E-state index in [1.165, 1.54) is 32.1 Å². The Labute approximate surface area is 223 Å². The van der Waals surface area contributed by atoms with Crippen molar-refractivity contribution in [2.24, 2.45) is 13.0 Å². The molecule has 6 rings (SSSR count). The van der Waals surface area contributed by atoms with Crippen molar-refractivity contribution in [1.29, 1.82) is 0 Å². The van der Waals surface area contributed by atoms with E-state index in [1.807, 2.05) is 48.3 Å². The van der Waals surface area contributed by atoms with Gasteiger partial charge >= 0.3 is 5.97 Å². The van der Waals surface area contributed by atoms with Crippen LogP contribution in [0.15, 0.2) is 67.0 Å². The third-order valence-electron chi connectivity index (χ3n) is 8.23. The molecule has 0 aliphatic heterocycles. The number of carboxylic acids is 1. The zero-order chi connectivity index (χ0) is 26.2. The van der Waals surface area contributed by atoms with Crippen molar-refractivity contribution in [3.8, 4) is 22.6 Å². The minimum Gasteiger partial charge on any atom is -0.490 e. The molecule has 0 radical (unpaired) electrons. The van der Waals surface area contributed by atoms with E-state index >= 15 is 0 Å². The van der Waals surface area contributed by atoms with Gasteiger partial charge < -0.3 is 14.4 Å². The molecule has 2 heterocycles. The van der Waals surface area contributed by atoms with E-state index in [-0.39, 0.29) is 17.9 Å². The molecule has 0 bridgehead atoms. The summed E-state index contributed by atoms with van der Waals surface area (Å²) in [5, 5.41) is 18.3. The Balaban J connectivity index is 1.28. The van der Waals surface area contributed by atoms with E-state index in [0.29, 0.717) is 11.5 Å². The van der Waals surface area contributed by atoms with Gasteiger partial charge in [-0.1, -0.05) is 48.7 Å². The molecule has 2 fully saturated rings. The van der Waals surface area contributed by atoms with Crippen LogP contribution in [0, 0.1) is 5.92 Å². The molecule has 2 saturated carbocycles. The molecule has 1 N–H and O–H groups in total. The third kappa shape index (κ3) is 4.85. The lowest BCUT2D eigenvalue weighted by Gasteiger charge is -2.28. The summed E-state index contributed by atoms with van der Waals surface area (Å²) >= 11 is 0. The SMILES string of the molecule is CC(Oc1cccc(-c2cccc(-n3ccc(C(=O)O)c3[C@@H]3C[C@H]3c3cn(C)nn3)c2)c1)C1CCCCC1. The van der Waals surface area contributed by atoms with Crippen LogP contribution < -0.4 is 4.74 Å². The second kappa shape index (κ2) is 10.1. The highest BCUT2D eigenvalue weighted by Gasteiger charge is 2.45. The molecule has 4 aromatic rings. The molecule has 38 heavy (non-hydrogen) atoms. The van der Waals surface area contributed by atoms with Crippen LogP contribution in [0.4, 0.5) is 0 Å². The quantitative estimate of drug-likeness (QED) is 0.289. The summed E-state index contributed by atoms with van der Waals surface area (Å²) in [6.07, 6.45) is 11.3. The number of hydrogen-bond donors (Lipinski definition) is 1. The molecule has 2 aliphatic rings. The van der Waals surface area contributed by atoms with Gasteiger partial charge in [-0.3, -0.25) is 4.68 Å². The van der Waals surface area contributed by atoms with E-state index in [2.05, 4.69) is 41.5 Å². The number of hydrogen-bond acceptors (Lipinski definition) is 4. The summed E-state index contributed by atoms with van der Waals surface area (Å²) in [7, 11) is 1.85. The minimum atomic E-state index is -0.906. The molecule has 196 valence electrons. The summed E-state index contributed by atoms with van der Waals surface area (Å²) in [4.78, 5) is 12.1. The van der Waals surface area contributed by atoms with Gasteiger partial charge in [-0.05, 0) is 73.6 Å². The molecular formula is C31H34N4O3. The maximum atomic E-state index is 12.1. The molecule has 2 aromatic heterocycles. The fourth-order valence-corrected chi connectivity index (χ4v) is 6.09. The van der Waals surface area contributed by atoms with Crippen molar-refractivity contribution >= 4 is 5.97 Å². The van der Waals surface area contributed by atoms with Gasteiger partial charge in [0.05, 0.1) is 17.4 Å². The fourth-order valence-electron chi connectivity index (χ4n) is 6.09. The average molecular weight is 511 g/mol. The molecule has 2 aromatic carbocycles. The summed E-state index contributed by atoms with van der Waals surface area (Å²) in [6, 6.07) is 18.3. The van der Waals surface area contributed by atoms with Gasteiger partial charge in [0.25, 0.3) is 0 Å². The van der Waals surface area contributed by atoms with Crippen molar-refractivity contribution in [1.82, 2.24) is 19.6 Å². The number of nitrogens with zero attached hydrogens (tertiary/aromatic N) is 4. The fraction of sp³-hybridized carbons (Fsp3) is 0.387. The van der Waals surface area contributed by atoms with Gasteiger partial charge in [0, 0.05) is 42.7 Å². The van der Waals surface area contributed by atoms with Crippen LogP contribution >= 0.6 is 0 Å². The first-order valence-corrected chi connectivity index (χ1v) is 13.7. The Hall–Kier alpha value is -3.87. The van der Waals surface area contributed by atoms with Crippen LogP contribution in [0.2, 0.25) is 0 Å². The number of aromatic nitrogens is 4. The molecule has 0 saturated heterocycles. The van der Waals surface area contributed by atoms with Crippen molar-refractivity contribution in [3.63, 3.8) is 0 Å². The summed E-state index contributed by atoms with van der Waals surface area (Å²) in [5.41, 5.74) is 5.17. The zero-order valence-electron chi connectivity index (χ0n) is 22.0. The van der Waals surface area contributed by atoms with Crippen molar-refractivity contribution in [2.75, 3.05) is 0 Å². The number of rotatable bonds is 8. The minimum absolute atomic E-state index is 0.0921. The zero-order valence-corrected chi connectivity index (χ0v) is 22.0. The van der Waals surface area contributed by atoms with Crippen LogP contribution in [0.3, 0.4) is 0 Å². The number of carbonyl (C=O) groups is 1. The summed E-state index contributed by atoms with van der Waals surface area (Å²) in [6.45, 7) is 2.20. The van der Waals surface area contributed by atoms with E-state index in [9.17, 15) is 9.90 Å². The number of benzene rings is 2. The largest absolute Gasteiger partial charge is 0.490 e. The molecule has 0 spiro atoms. The Bertz CT molecular complexity index is 1450. The van der Waals surface area contributed by atoms with Gasteiger partial charge in [0.2, 0.25) is 0 Å². The predicted octanol–water partition coefficient (Wildman–Crippen LogP) is 6.59. The molecule has 3 atom stereocenters. The van der Waals surface area contributed by atoms with E-state index in [1.54, 1.807) is 10.7 Å². The standard InChI is InChI=1S/C31H34N4O3/c1-20(21-8-4-3-5-9-21)38-25-13-7-11-23(17-25)22-10-6-12-24(16-22)35-15-14-26(31(36)37)30(35)28-18-27(28)29-19-34(2)33-32-29/h6-7,10-17,19-21,27-28H,3-5,8-9,18H2,1-2H3,(H,36,37)/t20?,27-,28-/m1/s1. The summed E-state index contributed by atoms with van der Waals surface area (Å²) < 4.78 is 10.1. The average Bonchev–Trinajstić information content (AvgIpc) is 3.38. The molecule has 1 unspecified atom stereocenters. The maximum Gasteiger partial charge on any atom is 0.337 e. The number of aromatic carboxylic acids is 1. The van der Waals surface area contributed by atoms with Crippen molar-refractivity contribution < 1.29 is 14.6 Å². The van der Waals surface area contributed by atoms with Crippen LogP contribution in [0.5, 0.6) is 5.75 Å². The highest BCUT2D eigenvalue weighted by molar-refractivity contribution is 5.90. The molecule has 0 amide bonds. The lowest BCUT2D eigenvalue weighted by molar-refractivity contribution is 0.0695. The Morgan fingerprint density at radius 2 is 1.79 bits per heavy atom. The van der Waals surface area contributed by atoms with Crippen molar-refractivity contribution in [2.45, 2.75) is 63.4 Å². The van der Waals surface area contributed by atoms with Gasteiger partial charge in [-0.2, -0.15) is 0 Å². The second-order valence-corrected chi connectivity index (χ2v) is 10.9. The molecule has 7 heteroatoms. The lowest BCUT2D eigenvalue weighted by atomic mass is 9.86. The van der Waals surface area contributed by atoms with E-state index in [0.717, 1.165) is 40.4 Å². The van der Waals surface area contributed by atoms with Gasteiger partial charge in [-0.25, -0.2) is 4.79 Å². The highest BCUT2D eigenvalue weighted by atomic mass is 16.5. The van der Waals surface area contributed by atoms with E-state index in [4.69, 9.17) is 4.74 Å². The van der Waals surface area contributed by atoms with Gasteiger partial charge in [0.1, 0.15) is 5.75 Å². The molecule has 2 aliphatic carbocycles. The summed E-state index contributed by atoms with van der Waals surface area (Å²) in [5.74, 6) is 0.884. The predicted molar refractivity (Wildman–Crippen MR) is 146 cm³/mol. The number of carboxylic acid groups (broad SMARTS) is 1. The normalized spacial score (nSPS) is 20.3. The maximum absolute atomic E-state index is 12.1. The Morgan fingerprint density at radius 1 is 1.03 bits per heavy atom. The van der Waals surface area contributed by atoms with E-state index < -0.39 is 5.97 Å². The third-order valence-corrected chi connectivity index (χ3v) is 8.23. The van der Waals surface area contributed by atoms with Crippen LogP contribution in [-0.4, -0.2) is 36.7 Å². The molecular weight excluding hydrogens is 476 g/mol.